The maximum absolute atomic E-state index is 12.3. The van der Waals surface area contributed by atoms with E-state index in [0.717, 1.165) is 6.92 Å². The second-order valence-electron chi connectivity index (χ2n) is 7.47. The first-order valence-electron chi connectivity index (χ1n) is 9.74. The van der Waals surface area contributed by atoms with Crippen LogP contribution in [0.3, 0.4) is 0 Å². The van der Waals surface area contributed by atoms with Crippen molar-refractivity contribution in [1.29, 1.82) is 0 Å². The Morgan fingerprint density at radius 3 is 2.17 bits per heavy atom. The van der Waals surface area contributed by atoms with E-state index in [1.165, 1.54) is 0 Å². The number of ether oxygens (including phenoxy) is 4. The number of carbonyl (C=O) groups is 3. The first-order chi connectivity index (χ1) is 14.0. The number of carboxylic acid groups (broad SMARTS) is 1. The molecule has 0 aromatic heterocycles. The van der Waals surface area contributed by atoms with Crippen LogP contribution in [0.25, 0.3) is 0 Å². The number of hydrogen-bond donors (Lipinski definition) is 2. The number of aliphatic carboxylic acids is 1. The smallest absolute Gasteiger partial charge is 0.408 e. The van der Waals surface area contributed by atoms with Crippen molar-refractivity contribution in [3.05, 3.63) is 23.8 Å². The summed E-state index contributed by atoms with van der Waals surface area (Å²) < 4.78 is 21.3. The summed E-state index contributed by atoms with van der Waals surface area (Å²) in [4.78, 5) is 35.4. The summed E-state index contributed by atoms with van der Waals surface area (Å²) in [6, 6.07) is 4.05. The Morgan fingerprint density at radius 1 is 1.07 bits per heavy atom. The van der Waals surface area contributed by atoms with Crippen LogP contribution < -0.4 is 14.8 Å². The van der Waals surface area contributed by atoms with Crippen LogP contribution in [-0.2, 0) is 25.5 Å². The average Bonchev–Trinajstić information content (AvgIpc) is 2.59. The first kappa shape index (κ1) is 25.1. The van der Waals surface area contributed by atoms with Crippen LogP contribution in [0.5, 0.6) is 11.5 Å². The van der Waals surface area contributed by atoms with Gasteiger partial charge >= 0.3 is 18.0 Å². The van der Waals surface area contributed by atoms with Crippen LogP contribution in [0, 0.1) is 0 Å². The molecule has 1 amide bonds. The summed E-state index contributed by atoms with van der Waals surface area (Å²) in [6.45, 7) is 10.7. The fourth-order valence-electron chi connectivity index (χ4n) is 2.65. The van der Waals surface area contributed by atoms with Crippen LogP contribution in [0.15, 0.2) is 18.2 Å². The Hall–Kier alpha value is -2.97. The molecule has 168 valence electrons. The van der Waals surface area contributed by atoms with E-state index in [0.29, 0.717) is 30.3 Å². The van der Waals surface area contributed by atoms with Gasteiger partial charge in [0.25, 0.3) is 0 Å². The molecule has 0 saturated carbocycles. The molecule has 30 heavy (non-hydrogen) atoms. The van der Waals surface area contributed by atoms with Crippen molar-refractivity contribution in [2.45, 2.75) is 65.7 Å². The number of nitrogens with one attached hydrogen (secondary N) is 1. The number of alkyl carbamates (subject to hydrolysis) is 1. The number of hydrogen-bond acceptors (Lipinski definition) is 7. The molecule has 9 nitrogen and oxygen atoms in total. The summed E-state index contributed by atoms with van der Waals surface area (Å²) in [7, 11) is 0. The summed E-state index contributed by atoms with van der Waals surface area (Å²) in [5.41, 5.74) is -0.128. The first-order valence-corrected chi connectivity index (χ1v) is 9.74. The van der Waals surface area contributed by atoms with E-state index in [2.05, 4.69) is 5.32 Å². The Balaban J connectivity index is 3.20. The summed E-state index contributed by atoms with van der Waals surface area (Å²) in [6.07, 6.45) is -2.37. The predicted octanol–water partition coefficient (Wildman–Crippen LogP) is 2.94. The molecule has 2 atom stereocenters. The third-order valence-corrected chi connectivity index (χ3v) is 3.67. The van der Waals surface area contributed by atoms with E-state index in [4.69, 9.17) is 18.9 Å². The van der Waals surface area contributed by atoms with Gasteiger partial charge in [0.2, 0.25) is 6.10 Å². The van der Waals surface area contributed by atoms with Crippen LogP contribution in [-0.4, -0.2) is 54.1 Å². The number of amides is 1. The highest BCUT2D eigenvalue weighted by Gasteiger charge is 2.34. The Labute approximate surface area is 176 Å². The molecule has 0 spiro atoms. The van der Waals surface area contributed by atoms with Crippen molar-refractivity contribution < 1.29 is 38.4 Å². The molecule has 2 unspecified atom stereocenters. The van der Waals surface area contributed by atoms with E-state index in [9.17, 15) is 19.5 Å². The minimum atomic E-state index is -1.60. The fourth-order valence-corrected chi connectivity index (χ4v) is 2.65. The minimum Gasteiger partial charge on any atom is -0.490 e. The van der Waals surface area contributed by atoms with Gasteiger partial charge in [-0.3, -0.25) is 4.79 Å². The third-order valence-electron chi connectivity index (χ3n) is 3.67. The molecule has 9 heteroatoms. The number of esters is 1. The fraction of sp³-hybridized carbons (Fsp3) is 0.571. The van der Waals surface area contributed by atoms with Gasteiger partial charge in [-0.2, -0.15) is 0 Å². The van der Waals surface area contributed by atoms with Crippen molar-refractivity contribution in [2.24, 2.45) is 0 Å². The van der Waals surface area contributed by atoms with Crippen LogP contribution in [0.2, 0.25) is 0 Å². The molecule has 2 N–H and O–H groups in total. The lowest BCUT2D eigenvalue weighted by molar-refractivity contribution is -0.164. The van der Waals surface area contributed by atoms with Gasteiger partial charge in [-0.15, -0.1) is 0 Å². The van der Waals surface area contributed by atoms with Crippen LogP contribution in [0.4, 0.5) is 4.79 Å². The Kier molecular flexibility index (Phi) is 9.42. The van der Waals surface area contributed by atoms with Crippen molar-refractivity contribution >= 4 is 18.0 Å². The van der Waals surface area contributed by atoms with E-state index < -0.39 is 35.8 Å². The number of carbonyl (C=O) groups excluding carboxylic acids is 2. The highest BCUT2D eigenvalue weighted by atomic mass is 16.6. The minimum absolute atomic E-state index is 0.0516. The summed E-state index contributed by atoms with van der Waals surface area (Å²) in [5.74, 6) is -1.12. The SMILES string of the molecule is CCOc1ccc(CC(NC(=O)OC(C)(C)C)C(OC(C)=O)C(=O)O)cc1OCC. The quantitative estimate of drug-likeness (QED) is 0.549. The molecule has 0 aliphatic heterocycles. The molecule has 0 radical (unpaired) electrons. The molecule has 0 aliphatic carbocycles. The van der Waals surface area contributed by atoms with Gasteiger partial charge < -0.3 is 29.4 Å². The normalized spacial score (nSPS) is 13.0. The summed E-state index contributed by atoms with van der Waals surface area (Å²) in [5, 5.41) is 12.1. The van der Waals surface area contributed by atoms with E-state index in [1.54, 1.807) is 39.0 Å². The average molecular weight is 425 g/mol. The predicted molar refractivity (Wildman–Crippen MR) is 109 cm³/mol. The monoisotopic (exact) mass is 425 g/mol. The highest BCUT2D eigenvalue weighted by Crippen LogP contribution is 2.29. The molecular weight excluding hydrogens is 394 g/mol. The van der Waals surface area contributed by atoms with Crippen molar-refractivity contribution in [3.8, 4) is 11.5 Å². The third kappa shape index (κ3) is 8.59. The van der Waals surface area contributed by atoms with Crippen LogP contribution >= 0.6 is 0 Å². The molecule has 1 aromatic rings. The number of benzene rings is 1. The second-order valence-corrected chi connectivity index (χ2v) is 7.47. The van der Waals surface area contributed by atoms with E-state index in [1.807, 2.05) is 13.8 Å². The number of rotatable bonds is 10. The topological polar surface area (TPSA) is 120 Å². The molecule has 0 fully saturated rings. The van der Waals surface area contributed by atoms with Gasteiger partial charge in [-0.05, 0) is 58.7 Å². The zero-order chi connectivity index (χ0) is 22.9. The molecule has 0 saturated heterocycles. The van der Waals surface area contributed by atoms with Crippen molar-refractivity contribution in [2.75, 3.05) is 13.2 Å². The van der Waals surface area contributed by atoms with Crippen LogP contribution in [0.1, 0.15) is 47.1 Å². The van der Waals surface area contributed by atoms with Gasteiger partial charge in [0.05, 0.1) is 19.3 Å². The van der Waals surface area contributed by atoms with E-state index >= 15 is 0 Å². The molecule has 1 rings (SSSR count). The summed E-state index contributed by atoms with van der Waals surface area (Å²) >= 11 is 0. The molecule has 0 aliphatic rings. The number of carboxylic acids is 1. The van der Waals surface area contributed by atoms with Crippen molar-refractivity contribution in [3.63, 3.8) is 0 Å². The maximum atomic E-state index is 12.3. The molecule has 1 aromatic carbocycles. The van der Waals surface area contributed by atoms with E-state index in [-0.39, 0.29) is 6.42 Å². The van der Waals surface area contributed by atoms with Gasteiger partial charge in [-0.25, -0.2) is 9.59 Å². The second kappa shape index (κ2) is 11.3. The lowest BCUT2D eigenvalue weighted by Gasteiger charge is -2.27. The largest absolute Gasteiger partial charge is 0.490 e. The van der Waals surface area contributed by atoms with Gasteiger partial charge in [0.15, 0.2) is 11.5 Å². The zero-order valence-electron chi connectivity index (χ0n) is 18.3. The van der Waals surface area contributed by atoms with Crippen molar-refractivity contribution in [1.82, 2.24) is 5.32 Å². The lowest BCUT2D eigenvalue weighted by atomic mass is 10.0. The zero-order valence-corrected chi connectivity index (χ0v) is 18.3. The molecule has 0 bridgehead atoms. The van der Waals surface area contributed by atoms with Gasteiger partial charge in [0, 0.05) is 6.92 Å². The molecular formula is C21H31NO8. The van der Waals surface area contributed by atoms with Gasteiger partial charge in [-0.1, -0.05) is 6.07 Å². The Morgan fingerprint density at radius 2 is 1.67 bits per heavy atom. The Bertz CT molecular complexity index is 741. The standard InChI is InChI=1S/C21H31NO8/c1-7-27-16-10-9-14(12-17(16)28-8-2)11-15(18(19(24)25)29-13(3)23)22-20(26)30-21(4,5)6/h9-10,12,15,18H,7-8,11H2,1-6H3,(H,22,26)(H,24,25). The molecule has 0 heterocycles. The highest BCUT2D eigenvalue weighted by molar-refractivity contribution is 5.79. The maximum Gasteiger partial charge on any atom is 0.408 e. The lowest BCUT2D eigenvalue weighted by Crippen LogP contribution is -2.51. The van der Waals surface area contributed by atoms with Gasteiger partial charge in [0.1, 0.15) is 5.60 Å².